The molecule has 0 spiro atoms. The molecule has 31 heavy (non-hydrogen) atoms. The van der Waals surface area contributed by atoms with Crippen molar-refractivity contribution >= 4 is 56.0 Å². The lowest BCUT2D eigenvalue weighted by atomic mass is 10.2. The van der Waals surface area contributed by atoms with Crippen molar-refractivity contribution in [1.29, 1.82) is 0 Å². The second kappa shape index (κ2) is 9.59. The molecule has 1 N–H and O–H groups in total. The monoisotopic (exact) mass is 474 g/mol. The number of thioether (sulfide) groups is 1. The lowest BCUT2D eigenvalue weighted by Gasteiger charge is -2.06. The second-order valence-corrected chi connectivity index (χ2v) is 8.68. The Balaban J connectivity index is 1.48. The summed E-state index contributed by atoms with van der Waals surface area (Å²) in [5, 5.41) is 3.72. The molecule has 0 aliphatic carbocycles. The third-order valence-electron chi connectivity index (χ3n) is 4.11. The van der Waals surface area contributed by atoms with Gasteiger partial charge in [-0.3, -0.25) is 10.1 Å². The zero-order valence-corrected chi connectivity index (χ0v) is 18.7. The number of benzene rings is 2. The van der Waals surface area contributed by atoms with Gasteiger partial charge in [0.2, 0.25) is 0 Å². The summed E-state index contributed by atoms with van der Waals surface area (Å²) >= 11 is 8.82. The number of carbonyl (C=O) groups excluding carboxylic acids is 1. The lowest BCUT2D eigenvalue weighted by Crippen LogP contribution is -2.15. The highest BCUT2D eigenvalue weighted by molar-refractivity contribution is 7.98. The topological polar surface area (TPSA) is 77.0 Å². The Morgan fingerprint density at radius 3 is 2.81 bits per heavy atom. The van der Waals surface area contributed by atoms with Crippen molar-refractivity contribution in [2.75, 3.05) is 11.9 Å². The second-order valence-electron chi connectivity index (χ2n) is 6.30. The van der Waals surface area contributed by atoms with E-state index in [1.165, 1.54) is 41.4 Å². The summed E-state index contributed by atoms with van der Waals surface area (Å²) in [5.41, 5.74) is 1.73. The van der Waals surface area contributed by atoms with Crippen LogP contribution < -0.4 is 10.1 Å². The molecule has 0 atom stereocenters. The number of hydrogen-bond donors (Lipinski definition) is 1. The van der Waals surface area contributed by atoms with Gasteiger partial charge in [0.15, 0.2) is 16.0 Å². The Hall–Kier alpha value is -2.75. The van der Waals surface area contributed by atoms with Gasteiger partial charge in [-0.2, -0.15) is 0 Å². The molecule has 2 heterocycles. The number of aromatic nitrogens is 3. The summed E-state index contributed by atoms with van der Waals surface area (Å²) in [7, 11) is 0. The third-order valence-corrected chi connectivity index (χ3v) is 6.25. The van der Waals surface area contributed by atoms with Gasteiger partial charge in [0.05, 0.1) is 28.0 Å². The number of ether oxygens (including phenoxy) is 1. The first kappa shape index (κ1) is 21.5. The molecule has 0 unspecified atom stereocenters. The molecule has 158 valence electrons. The van der Waals surface area contributed by atoms with Crippen LogP contribution >= 0.6 is 34.7 Å². The fourth-order valence-electron chi connectivity index (χ4n) is 2.68. The predicted octanol–water partition coefficient (Wildman–Crippen LogP) is 5.82. The van der Waals surface area contributed by atoms with Gasteiger partial charge < -0.3 is 4.74 Å². The number of carbonyl (C=O) groups is 1. The molecule has 2 aromatic heterocycles. The molecule has 6 nitrogen and oxygen atoms in total. The van der Waals surface area contributed by atoms with E-state index in [-0.39, 0.29) is 16.5 Å². The summed E-state index contributed by atoms with van der Waals surface area (Å²) in [6.07, 6.45) is 1.39. The van der Waals surface area contributed by atoms with E-state index < -0.39 is 5.91 Å². The number of nitrogens with one attached hydrogen (secondary N) is 1. The van der Waals surface area contributed by atoms with Crippen molar-refractivity contribution in [3.8, 4) is 5.75 Å². The Morgan fingerprint density at radius 2 is 2.03 bits per heavy atom. The molecule has 0 aliphatic rings. The van der Waals surface area contributed by atoms with Crippen molar-refractivity contribution in [3.63, 3.8) is 0 Å². The van der Waals surface area contributed by atoms with Gasteiger partial charge >= 0.3 is 0 Å². The first-order valence-corrected chi connectivity index (χ1v) is 11.4. The average Bonchev–Trinajstić information content (AvgIpc) is 3.16. The SMILES string of the molecule is CCOc1ccc2nc(NC(=O)c3nc(SCc4ccc(F)cc4)ncc3Cl)sc2c1. The van der Waals surface area contributed by atoms with Gasteiger partial charge in [-0.05, 0) is 42.8 Å². The predicted molar refractivity (Wildman–Crippen MR) is 122 cm³/mol. The molecule has 0 saturated heterocycles. The van der Waals surface area contributed by atoms with Crippen LogP contribution in [0.2, 0.25) is 5.02 Å². The fraction of sp³-hybridized carbons (Fsp3) is 0.143. The molecular weight excluding hydrogens is 459 g/mol. The van der Waals surface area contributed by atoms with Crippen molar-refractivity contribution in [2.24, 2.45) is 0 Å². The van der Waals surface area contributed by atoms with Crippen LogP contribution in [0.3, 0.4) is 0 Å². The molecule has 4 rings (SSSR count). The van der Waals surface area contributed by atoms with Crippen molar-refractivity contribution < 1.29 is 13.9 Å². The number of hydrogen-bond acceptors (Lipinski definition) is 7. The Kier molecular flexibility index (Phi) is 6.64. The maximum Gasteiger partial charge on any atom is 0.277 e. The van der Waals surface area contributed by atoms with Crippen molar-refractivity contribution in [1.82, 2.24) is 15.0 Å². The van der Waals surface area contributed by atoms with Crippen LogP contribution in [-0.2, 0) is 5.75 Å². The van der Waals surface area contributed by atoms with E-state index >= 15 is 0 Å². The quantitative estimate of drug-likeness (QED) is 0.268. The molecule has 2 aromatic carbocycles. The van der Waals surface area contributed by atoms with Gasteiger partial charge in [0.25, 0.3) is 5.91 Å². The molecule has 0 bridgehead atoms. The number of anilines is 1. The number of fused-ring (bicyclic) bond motifs is 1. The minimum atomic E-state index is -0.472. The van der Waals surface area contributed by atoms with Gasteiger partial charge in [-0.1, -0.05) is 46.8 Å². The van der Waals surface area contributed by atoms with E-state index in [4.69, 9.17) is 16.3 Å². The number of thiazole rings is 1. The zero-order chi connectivity index (χ0) is 21.8. The largest absolute Gasteiger partial charge is 0.494 e. The van der Waals surface area contributed by atoms with Crippen LogP contribution in [0.5, 0.6) is 5.75 Å². The van der Waals surface area contributed by atoms with Gasteiger partial charge in [-0.25, -0.2) is 19.3 Å². The Labute approximate surface area is 190 Å². The van der Waals surface area contributed by atoms with Crippen molar-refractivity contribution in [2.45, 2.75) is 17.8 Å². The highest BCUT2D eigenvalue weighted by Crippen LogP contribution is 2.30. The minimum Gasteiger partial charge on any atom is -0.494 e. The Morgan fingerprint density at radius 1 is 1.23 bits per heavy atom. The normalized spacial score (nSPS) is 10.9. The Bertz CT molecular complexity index is 1230. The zero-order valence-electron chi connectivity index (χ0n) is 16.3. The van der Waals surface area contributed by atoms with Gasteiger partial charge in [0, 0.05) is 5.75 Å². The van der Waals surface area contributed by atoms with E-state index in [0.29, 0.717) is 22.6 Å². The molecule has 1 amide bonds. The lowest BCUT2D eigenvalue weighted by molar-refractivity contribution is 0.102. The number of nitrogens with zero attached hydrogens (tertiary/aromatic N) is 3. The number of rotatable bonds is 7. The maximum absolute atomic E-state index is 13.0. The summed E-state index contributed by atoms with van der Waals surface area (Å²) in [6.45, 7) is 2.49. The van der Waals surface area contributed by atoms with E-state index in [1.807, 2.05) is 25.1 Å². The molecule has 0 radical (unpaired) electrons. The smallest absolute Gasteiger partial charge is 0.277 e. The van der Waals surface area contributed by atoms with E-state index in [9.17, 15) is 9.18 Å². The molecule has 0 aliphatic heterocycles. The fourth-order valence-corrected chi connectivity index (χ4v) is 4.52. The highest BCUT2D eigenvalue weighted by Gasteiger charge is 2.17. The third kappa shape index (κ3) is 5.30. The highest BCUT2D eigenvalue weighted by atomic mass is 35.5. The number of halogens is 2. The first-order chi connectivity index (χ1) is 15.0. The van der Waals surface area contributed by atoms with E-state index in [0.717, 1.165) is 21.5 Å². The summed E-state index contributed by atoms with van der Waals surface area (Å²) in [4.78, 5) is 25.6. The van der Waals surface area contributed by atoms with Crippen LogP contribution in [-0.4, -0.2) is 27.5 Å². The van der Waals surface area contributed by atoms with E-state index in [2.05, 4.69) is 20.3 Å². The molecular formula is C21H16ClFN4O2S2. The molecule has 10 heteroatoms. The molecule has 4 aromatic rings. The van der Waals surface area contributed by atoms with Gasteiger partial charge in [-0.15, -0.1) is 0 Å². The summed E-state index contributed by atoms with van der Waals surface area (Å²) in [5.74, 6) is 0.515. The van der Waals surface area contributed by atoms with E-state index in [1.54, 1.807) is 12.1 Å². The van der Waals surface area contributed by atoms with Crippen LogP contribution in [0.25, 0.3) is 10.2 Å². The van der Waals surface area contributed by atoms with Gasteiger partial charge in [0.1, 0.15) is 11.6 Å². The molecule has 0 fully saturated rings. The molecule has 0 saturated carbocycles. The van der Waals surface area contributed by atoms with Crippen molar-refractivity contribution in [3.05, 3.63) is 70.8 Å². The minimum absolute atomic E-state index is 0.0625. The van der Waals surface area contributed by atoms with Crippen LogP contribution in [0.1, 0.15) is 23.0 Å². The average molecular weight is 475 g/mol. The maximum atomic E-state index is 13.0. The van der Waals surface area contributed by atoms with Crippen LogP contribution in [0.15, 0.2) is 53.8 Å². The summed E-state index contributed by atoms with van der Waals surface area (Å²) < 4.78 is 19.4. The van der Waals surface area contributed by atoms with Crippen LogP contribution in [0.4, 0.5) is 9.52 Å². The standard InChI is InChI=1S/C21H16ClFN4O2S2/c1-2-29-14-7-8-16-17(9-14)31-21(25-16)27-19(28)18-15(22)10-24-20(26-18)30-11-12-3-5-13(23)6-4-12/h3-10H,2,11H2,1H3,(H,25,27,28). The first-order valence-electron chi connectivity index (χ1n) is 9.26. The van der Waals surface area contributed by atoms with Crippen LogP contribution in [0, 0.1) is 5.82 Å². The number of amides is 1. The summed E-state index contributed by atoms with van der Waals surface area (Å²) in [6, 6.07) is 11.7.